The molecule has 0 bridgehead atoms. The highest BCUT2D eigenvalue weighted by Gasteiger charge is 2.19. The zero-order valence-corrected chi connectivity index (χ0v) is 13.6. The maximum Gasteiger partial charge on any atom is 0.244 e. The highest BCUT2D eigenvalue weighted by Crippen LogP contribution is 2.24. The van der Waals surface area contributed by atoms with E-state index in [1.807, 2.05) is 13.1 Å². The Balaban J connectivity index is 2.82. The van der Waals surface area contributed by atoms with Crippen LogP contribution in [0.2, 0.25) is 0 Å². The molecule has 0 spiro atoms. The third kappa shape index (κ3) is 5.62. The summed E-state index contributed by atoms with van der Waals surface area (Å²) in [7, 11) is 1.33. The largest absolute Gasteiger partial charge is 0.495 e. The van der Waals surface area contributed by atoms with E-state index in [-0.39, 0.29) is 4.90 Å². The number of unbranched alkanes of at least 4 members (excludes halogenated alkanes) is 1. The van der Waals surface area contributed by atoms with E-state index in [1.165, 1.54) is 7.11 Å². The molecule has 1 rings (SSSR count). The molecular formula is C14H24N2O4S. The molecule has 0 radical (unpaired) electrons. The van der Waals surface area contributed by atoms with Gasteiger partial charge >= 0.3 is 0 Å². The highest BCUT2D eigenvalue weighted by molar-refractivity contribution is 7.89. The first-order valence-electron chi connectivity index (χ1n) is 6.85. The van der Waals surface area contributed by atoms with Crippen molar-refractivity contribution < 1.29 is 17.9 Å². The Morgan fingerprint density at radius 1 is 1.19 bits per heavy atom. The molecule has 0 amide bonds. The molecule has 0 saturated carbocycles. The van der Waals surface area contributed by atoms with Gasteiger partial charge in [0.2, 0.25) is 10.0 Å². The molecule has 0 heterocycles. The number of hydrogen-bond acceptors (Lipinski definition) is 5. The van der Waals surface area contributed by atoms with Crippen LogP contribution < -0.4 is 14.8 Å². The second-order valence-electron chi connectivity index (χ2n) is 4.61. The minimum atomic E-state index is -3.57. The molecule has 120 valence electrons. The first-order chi connectivity index (χ1) is 10.0. The Morgan fingerprint density at radius 2 is 1.95 bits per heavy atom. The molecule has 0 saturated heterocycles. The van der Waals surface area contributed by atoms with E-state index < -0.39 is 10.0 Å². The van der Waals surface area contributed by atoms with Gasteiger partial charge in [0.25, 0.3) is 0 Å². The number of hydrogen-bond donors (Lipinski definition) is 2. The lowest BCUT2D eigenvalue weighted by molar-refractivity contribution is 0.193. The van der Waals surface area contributed by atoms with Crippen LogP contribution in [0.1, 0.15) is 18.4 Å². The van der Waals surface area contributed by atoms with Gasteiger partial charge in [0.1, 0.15) is 10.6 Å². The highest BCUT2D eigenvalue weighted by atomic mass is 32.2. The quantitative estimate of drug-likeness (QED) is 0.633. The van der Waals surface area contributed by atoms with Crippen LogP contribution in [0.25, 0.3) is 0 Å². The lowest BCUT2D eigenvalue weighted by atomic mass is 10.2. The molecule has 2 N–H and O–H groups in total. The first kappa shape index (κ1) is 17.9. The third-order valence-corrected chi connectivity index (χ3v) is 4.45. The van der Waals surface area contributed by atoms with Crippen LogP contribution in [-0.4, -0.2) is 42.8 Å². The molecule has 0 fully saturated rings. The fraction of sp³-hybridized carbons (Fsp3) is 0.571. The molecular weight excluding hydrogens is 292 g/mol. The zero-order valence-electron chi connectivity index (χ0n) is 12.8. The predicted octanol–water partition coefficient (Wildman–Crippen LogP) is 1.12. The van der Waals surface area contributed by atoms with Crippen LogP contribution in [0, 0.1) is 0 Å². The van der Waals surface area contributed by atoms with E-state index in [9.17, 15) is 8.42 Å². The molecule has 6 nitrogen and oxygen atoms in total. The number of methoxy groups -OCH3 is 2. The van der Waals surface area contributed by atoms with Gasteiger partial charge in [0.15, 0.2) is 0 Å². The van der Waals surface area contributed by atoms with Crippen molar-refractivity contribution in [3.63, 3.8) is 0 Å². The third-order valence-electron chi connectivity index (χ3n) is 2.97. The van der Waals surface area contributed by atoms with E-state index in [1.54, 1.807) is 19.2 Å². The van der Waals surface area contributed by atoms with Gasteiger partial charge in [-0.2, -0.15) is 0 Å². The van der Waals surface area contributed by atoms with Gasteiger partial charge in [-0.3, -0.25) is 0 Å². The van der Waals surface area contributed by atoms with Crippen molar-refractivity contribution in [3.8, 4) is 5.75 Å². The normalized spacial score (nSPS) is 11.6. The van der Waals surface area contributed by atoms with Gasteiger partial charge in [-0.1, -0.05) is 6.07 Å². The summed E-state index contributed by atoms with van der Waals surface area (Å²) in [4.78, 5) is 0.171. The molecule has 1 aromatic rings. The van der Waals surface area contributed by atoms with Gasteiger partial charge in [-0.25, -0.2) is 13.1 Å². The van der Waals surface area contributed by atoms with Crippen molar-refractivity contribution in [2.24, 2.45) is 0 Å². The summed E-state index contributed by atoms with van der Waals surface area (Å²) in [6, 6.07) is 5.14. The van der Waals surface area contributed by atoms with Crippen LogP contribution in [0.4, 0.5) is 0 Å². The summed E-state index contributed by atoms with van der Waals surface area (Å²) in [5.74, 6) is 0.347. The van der Waals surface area contributed by atoms with Gasteiger partial charge in [0, 0.05) is 26.8 Å². The Morgan fingerprint density at radius 3 is 2.57 bits per heavy atom. The molecule has 1 aromatic carbocycles. The van der Waals surface area contributed by atoms with Crippen LogP contribution in [0.15, 0.2) is 23.1 Å². The monoisotopic (exact) mass is 316 g/mol. The molecule has 0 aliphatic carbocycles. The summed E-state index contributed by atoms with van der Waals surface area (Å²) < 4.78 is 37.4. The lowest BCUT2D eigenvalue weighted by Crippen LogP contribution is -2.25. The average molecular weight is 316 g/mol. The van der Waals surface area contributed by atoms with E-state index in [4.69, 9.17) is 9.47 Å². The predicted molar refractivity (Wildman–Crippen MR) is 82.1 cm³/mol. The van der Waals surface area contributed by atoms with Crippen molar-refractivity contribution >= 4 is 10.0 Å². The SMILES string of the molecule is CNCc1ccc(OC)c(S(=O)(=O)NCCCCOC)c1. The first-order valence-corrected chi connectivity index (χ1v) is 8.33. The second-order valence-corrected chi connectivity index (χ2v) is 6.35. The number of benzene rings is 1. The molecule has 7 heteroatoms. The Kier molecular flexibility index (Phi) is 7.66. The van der Waals surface area contributed by atoms with E-state index in [2.05, 4.69) is 10.0 Å². The maximum atomic E-state index is 12.4. The summed E-state index contributed by atoms with van der Waals surface area (Å²) in [6.45, 7) is 1.61. The lowest BCUT2D eigenvalue weighted by Gasteiger charge is -2.12. The van der Waals surface area contributed by atoms with E-state index >= 15 is 0 Å². The number of ether oxygens (including phenoxy) is 2. The fourth-order valence-corrected chi connectivity index (χ4v) is 3.19. The second kappa shape index (κ2) is 8.99. The number of rotatable bonds is 10. The van der Waals surface area contributed by atoms with Crippen LogP contribution in [0.3, 0.4) is 0 Å². The summed E-state index contributed by atoms with van der Waals surface area (Å²) >= 11 is 0. The Hall–Kier alpha value is -1.15. The van der Waals surface area contributed by atoms with Gasteiger partial charge < -0.3 is 14.8 Å². The van der Waals surface area contributed by atoms with Crippen molar-refractivity contribution in [1.29, 1.82) is 0 Å². The van der Waals surface area contributed by atoms with Crippen molar-refractivity contribution in [2.75, 3.05) is 34.4 Å². The molecule has 0 unspecified atom stereocenters. The smallest absolute Gasteiger partial charge is 0.244 e. The van der Waals surface area contributed by atoms with Crippen molar-refractivity contribution in [2.45, 2.75) is 24.3 Å². The number of nitrogens with one attached hydrogen (secondary N) is 2. The van der Waals surface area contributed by atoms with E-state index in [0.29, 0.717) is 25.4 Å². The van der Waals surface area contributed by atoms with Gasteiger partial charge in [-0.05, 0) is 37.6 Å². The standard InChI is InChI=1S/C14H24N2O4S/c1-15-11-12-6-7-13(20-3)14(10-12)21(17,18)16-8-4-5-9-19-2/h6-7,10,15-16H,4-5,8-9,11H2,1-3H3. The zero-order chi connectivity index (χ0) is 15.7. The van der Waals surface area contributed by atoms with E-state index in [0.717, 1.165) is 18.4 Å². The molecule has 0 aliphatic rings. The summed E-state index contributed by atoms with van der Waals surface area (Å²) in [5.41, 5.74) is 0.887. The van der Waals surface area contributed by atoms with Crippen LogP contribution >= 0.6 is 0 Å². The topological polar surface area (TPSA) is 76.7 Å². The maximum absolute atomic E-state index is 12.4. The van der Waals surface area contributed by atoms with Gasteiger partial charge in [-0.15, -0.1) is 0 Å². The Bertz CT molecular complexity index is 532. The van der Waals surface area contributed by atoms with Crippen molar-refractivity contribution in [3.05, 3.63) is 23.8 Å². The van der Waals surface area contributed by atoms with Crippen LogP contribution in [0.5, 0.6) is 5.75 Å². The van der Waals surface area contributed by atoms with Gasteiger partial charge in [0.05, 0.1) is 7.11 Å². The van der Waals surface area contributed by atoms with Crippen LogP contribution in [-0.2, 0) is 21.3 Å². The fourth-order valence-electron chi connectivity index (χ4n) is 1.90. The minimum absolute atomic E-state index is 0.171. The minimum Gasteiger partial charge on any atom is -0.495 e. The Labute approximate surface area is 126 Å². The summed E-state index contributed by atoms with van der Waals surface area (Å²) in [6.07, 6.45) is 1.54. The molecule has 0 atom stereocenters. The molecule has 21 heavy (non-hydrogen) atoms. The molecule has 0 aromatic heterocycles. The molecule has 0 aliphatic heterocycles. The average Bonchev–Trinajstić information content (AvgIpc) is 2.47. The number of sulfonamides is 1. The summed E-state index contributed by atoms with van der Waals surface area (Å²) in [5, 5.41) is 3.00. The van der Waals surface area contributed by atoms with Crippen molar-refractivity contribution in [1.82, 2.24) is 10.0 Å².